The SMILES string of the molecule is CN1CCN(Cc2ccc(N/C(=C3\C(=O)Nc4cc(Cl)ccc43)c3ccc4cccnc4c3)cc2)CC1. The number of hydrogen-bond donors (Lipinski definition) is 2. The second-order valence-corrected chi connectivity index (χ2v) is 10.1. The van der Waals surface area contributed by atoms with Gasteiger partial charge in [-0.15, -0.1) is 0 Å². The van der Waals surface area contributed by atoms with E-state index in [1.54, 1.807) is 12.3 Å². The molecule has 6 rings (SSSR count). The lowest BCUT2D eigenvalue weighted by Crippen LogP contribution is -2.43. The molecule has 0 unspecified atom stereocenters. The Morgan fingerprint density at radius 3 is 2.62 bits per heavy atom. The first-order valence-electron chi connectivity index (χ1n) is 12.5. The highest BCUT2D eigenvalue weighted by Gasteiger charge is 2.29. The van der Waals surface area contributed by atoms with Crippen LogP contribution in [0.25, 0.3) is 22.2 Å². The van der Waals surface area contributed by atoms with Gasteiger partial charge in [0.05, 0.1) is 22.5 Å². The van der Waals surface area contributed by atoms with Gasteiger partial charge < -0.3 is 15.5 Å². The standard InChI is InChI=1S/C30H28ClN5O/c1-35-13-15-36(16-14-35)19-20-4-9-24(10-5-20)33-29(22-7-6-21-3-2-12-32-26(21)17-22)28-25-11-8-23(31)18-27(25)34-30(28)37/h2-12,17-18,33H,13-16,19H2,1H3,(H,34,37)/b29-28-. The van der Waals surface area contributed by atoms with Crippen LogP contribution in [0.4, 0.5) is 11.4 Å². The van der Waals surface area contributed by atoms with Crippen molar-refractivity contribution in [2.45, 2.75) is 6.54 Å². The van der Waals surface area contributed by atoms with E-state index >= 15 is 0 Å². The van der Waals surface area contributed by atoms with E-state index in [1.807, 2.05) is 42.5 Å². The summed E-state index contributed by atoms with van der Waals surface area (Å²) >= 11 is 6.21. The van der Waals surface area contributed by atoms with Crippen LogP contribution < -0.4 is 10.6 Å². The van der Waals surface area contributed by atoms with Crippen LogP contribution in [-0.2, 0) is 11.3 Å². The molecule has 2 aliphatic heterocycles. The van der Waals surface area contributed by atoms with E-state index in [2.05, 4.69) is 56.7 Å². The zero-order chi connectivity index (χ0) is 25.4. The van der Waals surface area contributed by atoms with Crippen molar-refractivity contribution in [2.75, 3.05) is 43.9 Å². The van der Waals surface area contributed by atoms with E-state index in [9.17, 15) is 4.79 Å². The van der Waals surface area contributed by atoms with Gasteiger partial charge in [-0.05, 0) is 49.0 Å². The zero-order valence-electron chi connectivity index (χ0n) is 20.7. The largest absolute Gasteiger partial charge is 0.354 e. The number of halogens is 1. The molecule has 7 heteroatoms. The summed E-state index contributed by atoms with van der Waals surface area (Å²) in [7, 11) is 2.17. The summed E-state index contributed by atoms with van der Waals surface area (Å²) in [6, 6.07) is 24.0. The highest BCUT2D eigenvalue weighted by Crippen LogP contribution is 2.39. The van der Waals surface area contributed by atoms with Gasteiger partial charge in [-0.1, -0.05) is 48.0 Å². The molecule has 1 fully saturated rings. The molecule has 1 aromatic heterocycles. The van der Waals surface area contributed by atoms with Crippen LogP contribution in [0.15, 0.2) is 79.0 Å². The molecule has 0 spiro atoms. The Labute approximate surface area is 221 Å². The van der Waals surface area contributed by atoms with Crippen molar-refractivity contribution in [1.82, 2.24) is 14.8 Å². The number of rotatable bonds is 5. The molecule has 6 nitrogen and oxygen atoms in total. The van der Waals surface area contributed by atoms with Crippen molar-refractivity contribution < 1.29 is 4.79 Å². The van der Waals surface area contributed by atoms with Crippen LogP contribution in [0.3, 0.4) is 0 Å². The molecule has 0 aliphatic carbocycles. The maximum atomic E-state index is 13.2. The molecule has 3 heterocycles. The Kier molecular flexibility index (Phi) is 6.38. The van der Waals surface area contributed by atoms with Gasteiger partial charge in [0, 0.05) is 66.1 Å². The first kappa shape index (κ1) is 23.7. The Morgan fingerprint density at radius 1 is 1.00 bits per heavy atom. The smallest absolute Gasteiger partial charge is 0.258 e. The number of anilines is 2. The average Bonchev–Trinajstić information content (AvgIpc) is 3.23. The molecule has 0 bridgehead atoms. The van der Waals surface area contributed by atoms with Crippen LogP contribution in [0, 0.1) is 0 Å². The summed E-state index contributed by atoms with van der Waals surface area (Å²) in [5, 5.41) is 8.17. The Balaban J connectivity index is 1.36. The predicted molar refractivity (Wildman–Crippen MR) is 151 cm³/mol. The van der Waals surface area contributed by atoms with Gasteiger partial charge in [0.25, 0.3) is 5.91 Å². The monoisotopic (exact) mass is 509 g/mol. The van der Waals surface area contributed by atoms with Gasteiger partial charge in [0.2, 0.25) is 0 Å². The van der Waals surface area contributed by atoms with E-state index in [1.165, 1.54) is 5.56 Å². The summed E-state index contributed by atoms with van der Waals surface area (Å²) in [6.45, 7) is 5.31. The number of amides is 1. The van der Waals surface area contributed by atoms with Crippen LogP contribution in [-0.4, -0.2) is 53.9 Å². The summed E-state index contributed by atoms with van der Waals surface area (Å²) in [6.07, 6.45) is 1.78. The highest BCUT2D eigenvalue weighted by atomic mass is 35.5. The minimum atomic E-state index is -0.160. The van der Waals surface area contributed by atoms with Crippen LogP contribution in [0.1, 0.15) is 16.7 Å². The molecular weight excluding hydrogens is 482 g/mol. The van der Waals surface area contributed by atoms with Gasteiger partial charge in [-0.3, -0.25) is 14.7 Å². The van der Waals surface area contributed by atoms with Crippen LogP contribution in [0.5, 0.6) is 0 Å². The summed E-state index contributed by atoms with van der Waals surface area (Å²) in [4.78, 5) is 22.6. The third-order valence-corrected chi connectivity index (χ3v) is 7.33. The fourth-order valence-corrected chi connectivity index (χ4v) is 5.17. The third-order valence-electron chi connectivity index (χ3n) is 7.10. The van der Waals surface area contributed by atoms with Gasteiger partial charge in [-0.25, -0.2) is 0 Å². The molecule has 0 saturated carbocycles. The van der Waals surface area contributed by atoms with Crippen molar-refractivity contribution in [1.29, 1.82) is 0 Å². The lowest BCUT2D eigenvalue weighted by Gasteiger charge is -2.32. The van der Waals surface area contributed by atoms with E-state index in [0.717, 1.165) is 66.1 Å². The van der Waals surface area contributed by atoms with Crippen molar-refractivity contribution in [3.63, 3.8) is 0 Å². The normalized spacial score (nSPS) is 17.5. The fourth-order valence-electron chi connectivity index (χ4n) is 5.00. The Hall–Kier alpha value is -3.71. The lowest BCUT2D eigenvalue weighted by molar-refractivity contribution is -0.110. The van der Waals surface area contributed by atoms with E-state index < -0.39 is 0 Å². The van der Waals surface area contributed by atoms with Gasteiger partial charge >= 0.3 is 0 Å². The van der Waals surface area contributed by atoms with Gasteiger partial charge in [0.1, 0.15) is 0 Å². The summed E-state index contributed by atoms with van der Waals surface area (Å²) in [5.74, 6) is -0.160. The maximum Gasteiger partial charge on any atom is 0.258 e. The van der Waals surface area contributed by atoms with Gasteiger partial charge in [0.15, 0.2) is 0 Å². The lowest BCUT2D eigenvalue weighted by atomic mass is 9.99. The number of hydrogen-bond acceptors (Lipinski definition) is 5. The second-order valence-electron chi connectivity index (χ2n) is 9.71. The zero-order valence-corrected chi connectivity index (χ0v) is 21.4. The van der Waals surface area contributed by atoms with Crippen molar-refractivity contribution >= 4 is 51.1 Å². The molecule has 2 aliphatic rings. The van der Waals surface area contributed by atoms with E-state index in [-0.39, 0.29) is 5.91 Å². The summed E-state index contributed by atoms with van der Waals surface area (Å²) < 4.78 is 0. The number of pyridine rings is 1. The van der Waals surface area contributed by atoms with Gasteiger partial charge in [-0.2, -0.15) is 0 Å². The average molecular weight is 510 g/mol. The predicted octanol–water partition coefficient (Wildman–Crippen LogP) is 5.57. The van der Waals surface area contributed by atoms with Crippen molar-refractivity contribution in [2.24, 2.45) is 0 Å². The Bertz CT molecular complexity index is 1510. The fraction of sp³-hybridized carbons (Fsp3) is 0.200. The molecule has 4 aromatic rings. The number of aromatic nitrogens is 1. The minimum absolute atomic E-state index is 0.160. The van der Waals surface area contributed by atoms with Crippen LogP contribution >= 0.6 is 11.6 Å². The van der Waals surface area contributed by atoms with E-state index in [0.29, 0.717) is 16.3 Å². The quantitative estimate of drug-likeness (QED) is 0.344. The maximum absolute atomic E-state index is 13.2. The molecular formula is C30H28ClN5O. The number of fused-ring (bicyclic) bond motifs is 2. The van der Waals surface area contributed by atoms with Crippen molar-refractivity contribution in [3.8, 4) is 0 Å². The number of piperazine rings is 1. The van der Waals surface area contributed by atoms with Crippen molar-refractivity contribution in [3.05, 3.63) is 101 Å². The number of benzene rings is 3. The molecule has 3 aromatic carbocycles. The minimum Gasteiger partial charge on any atom is -0.354 e. The molecule has 37 heavy (non-hydrogen) atoms. The molecule has 0 atom stereocenters. The molecule has 1 amide bonds. The molecule has 0 radical (unpaired) electrons. The number of nitrogens with zero attached hydrogens (tertiary/aromatic N) is 3. The molecule has 186 valence electrons. The number of likely N-dealkylation sites (N-methyl/N-ethyl adjacent to an activating group) is 1. The highest BCUT2D eigenvalue weighted by molar-refractivity contribution is 6.38. The van der Waals surface area contributed by atoms with E-state index in [4.69, 9.17) is 11.6 Å². The second kappa shape index (κ2) is 9.98. The first-order chi connectivity index (χ1) is 18.0. The topological polar surface area (TPSA) is 60.5 Å². The molecule has 1 saturated heterocycles. The summed E-state index contributed by atoms with van der Waals surface area (Å²) in [5.41, 5.74) is 6.82. The number of nitrogens with one attached hydrogen (secondary N) is 2. The van der Waals surface area contributed by atoms with Crippen LogP contribution in [0.2, 0.25) is 5.02 Å². The number of carbonyl (C=O) groups is 1. The Morgan fingerprint density at radius 2 is 1.81 bits per heavy atom. The first-order valence-corrected chi connectivity index (χ1v) is 12.9. The third kappa shape index (κ3) is 4.96. The molecule has 2 N–H and O–H groups in total. The number of carbonyl (C=O) groups excluding carboxylic acids is 1.